The van der Waals surface area contributed by atoms with Crippen molar-refractivity contribution in [3.8, 4) is 5.75 Å². The molecule has 0 spiro atoms. The zero-order chi connectivity index (χ0) is 19.9. The SMILES string of the molecule is CC[C@@H](C)NS(=O)(=O)c1ccc(OCC(=O)NCc2ccccc2Cl)cc1. The molecule has 1 atom stereocenters. The summed E-state index contributed by atoms with van der Waals surface area (Å²) < 4.78 is 32.4. The number of ether oxygens (including phenoxy) is 1. The van der Waals surface area contributed by atoms with Crippen molar-refractivity contribution in [2.45, 2.75) is 37.8 Å². The number of halogens is 1. The summed E-state index contributed by atoms with van der Waals surface area (Å²) in [5.74, 6) is 0.107. The maximum Gasteiger partial charge on any atom is 0.258 e. The van der Waals surface area contributed by atoms with E-state index in [0.29, 0.717) is 23.7 Å². The Bertz CT molecular complexity index is 870. The zero-order valence-electron chi connectivity index (χ0n) is 15.2. The molecule has 8 heteroatoms. The van der Waals surface area contributed by atoms with Gasteiger partial charge in [-0.15, -0.1) is 0 Å². The van der Waals surface area contributed by atoms with Gasteiger partial charge in [-0.1, -0.05) is 36.7 Å². The summed E-state index contributed by atoms with van der Waals surface area (Å²) in [5.41, 5.74) is 0.816. The highest BCUT2D eigenvalue weighted by atomic mass is 35.5. The Kier molecular flexibility index (Phi) is 7.65. The molecule has 2 aromatic rings. The Morgan fingerprint density at radius 2 is 1.81 bits per heavy atom. The molecule has 2 rings (SSSR count). The van der Waals surface area contributed by atoms with E-state index in [1.807, 2.05) is 25.1 Å². The van der Waals surface area contributed by atoms with Crippen molar-refractivity contribution in [2.24, 2.45) is 0 Å². The van der Waals surface area contributed by atoms with Gasteiger partial charge in [0, 0.05) is 17.6 Å². The molecule has 0 aliphatic carbocycles. The monoisotopic (exact) mass is 410 g/mol. The van der Waals surface area contributed by atoms with Crippen molar-refractivity contribution in [3.63, 3.8) is 0 Å². The van der Waals surface area contributed by atoms with Gasteiger partial charge in [0.15, 0.2) is 6.61 Å². The van der Waals surface area contributed by atoms with Gasteiger partial charge in [0.1, 0.15) is 5.75 Å². The Labute approximate surface area is 164 Å². The van der Waals surface area contributed by atoms with Crippen LogP contribution >= 0.6 is 11.6 Å². The second-order valence-corrected chi connectivity index (χ2v) is 8.18. The number of amides is 1. The molecule has 146 valence electrons. The van der Waals surface area contributed by atoms with Gasteiger partial charge in [0.25, 0.3) is 5.91 Å². The maximum absolute atomic E-state index is 12.2. The lowest BCUT2D eigenvalue weighted by molar-refractivity contribution is -0.123. The molecular weight excluding hydrogens is 388 g/mol. The number of rotatable bonds is 9. The molecule has 2 aromatic carbocycles. The molecule has 0 unspecified atom stereocenters. The average molecular weight is 411 g/mol. The number of hydrogen-bond donors (Lipinski definition) is 2. The Hall–Kier alpha value is -2.09. The minimum Gasteiger partial charge on any atom is -0.484 e. The first-order valence-corrected chi connectivity index (χ1v) is 10.4. The molecule has 27 heavy (non-hydrogen) atoms. The standard InChI is InChI=1S/C19H23ClN2O4S/c1-3-14(2)22-27(24,25)17-10-8-16(9-11-17)26-13-19(23)21-12-15-6-4-5-7-18(15)20/h4-11,14,22H,3,12-13H2,1-2H3,(H,21,23)/t14-/m1/s1. The predicted octanol–water partition coefficient (Wildman–Crippen LogP) is 3.11. The van der Waals surface area contributed by atoms with Gasteiger partial charge in [-0.25, -0.2) is 13.1 Å². The molecule has 0 saturated carbocycles. The summed E-state index contributed by atoms with van der Waals surface area (Å²) in [4.78, 5) is 12.0. The van der Waals surface area contributed by atoms with Crippen LogP contribution in [0.1, 0.15) is 25.8 Å². The molecule has 0 radical (unpaired) electrons. The number of carbonyl (C=O) groups excluding carboxylic acids is 1. The third kappa shape index (κ3) is 6.53. The molecule has 1 amide bonds. The molecular formula is C19H23ClN2O4S. The molecule has 0 bridgehead atoms. The first-order valence-electron chi connectivity index (χ1n) is 8.57. The lowest BCUT2D eigenvalue weighted by Crippen LogP contribution is -2.32. The maximum atomic E-state index is 12.2. The molecule has 0 saturated heterocycles. The van der Waals surface area contributed by atoms with Crippen LogP contribution in [0.4, 0.5) is 0 Å². The summed E-state index contributed by atoms with van der Waals surface area (Å²) in [7, 11) is -3.56. The van der Waals surface area contributed by atoms with Crippen LogP contribution in [0.15, 0.2) is 53.4 Å². The van der Waals surface area contributed by atoms with E-state index in [-0.39, 0.29) is 23.5 Å². The fourth-order valence-electron chi connectivity index (χ4n) is 2.17. The van der Waals surface area contributed by atoms with E-state index in [4.69, 9.17) is 16.3 Å². The Morgan fingerprint density at radius 3 is 2.44 bits per heavy atom. The van der Waals surface area contributed by atoms with E-state index in [0.717, 1.165) is 5.56 Å². The Morgan fingerprint density at radius 1 is 1.15 bits per heavy atom. The molecule has 2 N–H and O–H groups in total. The van der Waals surface area contributed by atoms with E-state index < -0.39 is 10.0 Å². The molecule has 0 fully saturated rings. The highest BCUT2D eigenvalue weighted by Gasteiger charge is 2.16. The van der Waals surface area contributed by atoms with Crippen LogP contribution in [0.3, 0.4) is 0 Å². The molecule has 0 aliphatic rings. The summed E-state index contributed by atoms with van der Waals surface area (Å²) in [5, 5.41) is 3.30. The van der Waals surface area contributed by atoms with Crippen LogP contribution in [-0.4, -0.2) is 27.0 Å². The van der Waals surface area contributed by atoms with Crippen molar-refractivity contribution >= 4 is 27.5 Å². The Balaban J connectivity index is 1.86. The van der Waals surface area contributed by atoms with Gasteiger partial charge < -0.3 is 10.1 Å². The highest BCUT2D eigenvalue weighted by molar-refractivity contribution is 7.89. The largest absolute Gasteiger partial charge is 0.484 e. The van der Waals surface area contributed by atoms with Crippen LogP contribution < -0.4 is 14.8 Å². The van der Waals surface area contributed by atoms with Gasteiger partial charge in [-0.2, -0.15) is 0 Å². The average Bonchev–Trinajstić information content (AvgIpc) is 2.65. The summed E-state index contributed by atoms with van der Waals surface area (Å²) in [6.45, 7) is 3.83. The molecule has 0 heterocycles. The topological polar surface area (TPSA) is 84.5 Å². The van der Waals surface area contributed by atoms with Crippen molar-refractivity contribution in [1.29, 1.82) is 0 Å². The van der Waals surface area contributed by atoms with E-state index in [9.17, 15) is 13.2 Å². The van der Waals surface area contributed by atoms with Crippen LogP contribution in [0.5, 0.6) is 5.75 Å². The smallest absolute Gasteiger partial charge is 0.258 e. The lowest BCUT2D eigenvalue weighted by atomic mass is 10.2. The van der Waals surface area contributed by atoms with Gasteiger partial charge in [0.2, 0.25) is 10.0 Å². The second-order valence-electron chi connectivity index (χ2n) is 6.06. The first-order chi connectivity index (χ1) is 12.8. The van der Waals surface area contributed by atoms with Gasteiger partial charge in [0.05, 0.1) is 4.90 Å². The number of carbonyl (C=O) groups is 1. The van der Waals surface area contributed by atoms with Crippen LogP contribution in [0, 0.1) is 0 Å². The van der Waals surface area contributed by atoms with Gasteiger partial charge >= 0.3 is 0 Å². The minimum atomic E-state index is -3.56. The van der Waals surface area contributed by atoms with Crippen LogP contribution in [0.2, 0.25) is 5.02 Å². The second kappa shape index (κ2) is 9.73. The van der Waals surface area contributed by atoms with Crippen molar-refractivity contribution in [3.05, 3.63) is 59.1 Å². The number of benzene rings is 2. The first kappa shape index (κ1) is 21.2. The normalized spacial score (nSPS) is 12.4. The predicted molar refractivity (Wildman–Crippen MR) is 105 cm³/mol. The third-order valence-electron chi connectivity index (χ3n) is 3.91. The summed E-state index contributed by atoms with van der Waals surface area (Å²) in [6, 6.07) is 13.0. The van der Waals surface area contributed by atoms with Crippen LogP contribution in [0.25, 0.3) is 0 Å². The van der Waals surface area contributed by atoms with E-state index in [1.54, 1.807) is 13.0 Å². The highest BCUT2D eigenvalue weighted by Crippen LogP contribution is 2.17. The zero-order valence-corrected chi connectivity index (χ0v) is 16.8. The lowest BCUT2D eigenvalue weighted by Gasteiger charge is -2.12. The van der Waals surface area contributed by atoms with Gasteiger partial charge in [-0.05, 0) is 49.2 Å². The third-order valence-corrected chi connectivity index (χ3v) is 5.88. The fraction of sp³-hybridized carbons (Fsp3) is 0.316. The van der Waals surface area contributed by atoms with Crippen molar-refractivity contribution in [1.82, 2.24) is 10.0 Å². The fourth-order valence-corrected chi connectivity index (χ4v) is 3.70. The van der Waals surface area contributed by atoms with E-state index >= 15 is 0 Å². The van der Waals surface area contributed by atoms with E-state index in [1.165, 1.54) is 24.3 Å². The molecule has 6 nitrogen and oxygen atoms in total. The molecule has 0 aromatic heterocycles. The number of sulfonamides is 1. The molecule has 0 aliphatic heterocycles. The van der Waals surface area contributed by atoms with Crippen molar-refractivity contribution in [2.75, 3.05) is 6.61 Å². The van der Waals surface area contributed by atoms with Crippen molar-refractivity contribution < 1.29 is 17.9 Å². The minimum absolute atomic E-state index is 0.146. The summed E-state index contributed by atoms with van der Waals surface area (Å²) >= 11 is 6.04. The summed E-state index contributed by atoms with van der Waals surface area (Å²) in [6.07, 6.45) is 0.698. The number of hydrogen-bond acceptors (Lipinski definition) is 4. The quantitative estimate of drug-likeness (QED) is 0.665. The van der Waals surface area contributed by atoms with E-state index in [2.05, 4.69) is 10.0 Å². The van der Waals surface area contributed by atoms with Gasteiger partial charge in [-0.3, -0.25) is 4.79 Å². The number of nitrogens with one attached hydrogen (secondary N) is 2. The van der Waals surface area contributed by atoms with Crippen LogP contribution in [-0.2, 0) is 21.4 Å².